The first kappa shape index (κ1) is 22.7. The number of nitrogens with one attached hydrogen (secondary N) is 1. The lowest BCUT2D eigenvalue weighted by Gasteiger charge is -2.09. The molecular formula is C25H23N5O4. The molecule has 0 atom stereocenters. The summed E-state index contributed by atoms with van der Waals surface area (Å²) in [6.45, 7) is 0.830. The van der Waals surface area contributed by atoms with Crippen LogP contribution in [0.2, 0.25) is 0 Å². The molecule has 0 aliphatic carbocycles. The number of benzene rings is 2. The molecule has 1 amide bonds. The van der Waals surface area contributed by atoms with Crippen molar-refractivity contribution in [2.24, 2.45) is 0 Å². The third-order valence-corrected chi connectivity index (χ3v) is 5.01. The SMILES string of the molecule is COc1ccc(-c2cc(=O)n(CCNC(=O)c3cc(OCc4ccccc4)ncn3)cn2)cc1. The molecular weight excluding hydrogens is 434 g/mol. The molecule has 172 valence electrons. The van der Waals surface area contributed by atoms with E-state index in [1.165, 1.54) is 29.4 Å². The summed E-state index contributed by atoms with van der Waals surface area (Å²) in [6.07, 6.45) is 2.75. The average Bonchev–Trinajstić information content (AvgIpc) is 2.89. The lowest BCUT2D eigenvalue weighted by Crippen LogP contribution is -2.31. The summed E-state index contributed by atoms with van der Waals surface area (Å²) in [5.74, 6) is 0.646. The highest BCUT2D eigenvalue weighted by Crippen LogP contribution is 2.19. The van der Waals surface area contributed by atoms with Crippen LogP contribution in [0.4, 0.5) is 0 Å². The lowest BCUT2D eigenvalue weighted by atomic mass is 10.1. The predicted octanol–water partition coefficient (Wildman–Crippen LogP) is 2.72. The quantitative estimate of drug-likeness (QED) is 0.412. The molecule has 34 heavy (non-hydrogen) atoms. The Bertz CT molecular complexity index is 1310. The van der Waals surface area contributed by atoms with Crippen molar-refractivity contribution in [3.05, 3.63) is 101 Å². The molecule has 0 unspecified atom stereocenters. The molecule has 0 bridgehead atoms. The predicted molar refractivity (Wildman–Crippen MR) is 126 cm³/mol. The van der Waals surface area contributed by atoms with E-state index in [2.05, 4.69) is 20.3 Å². The number of nitrogens with zero attached hydrogens (tertiary/aromatic N) is 4. The Morgan fingerprint density at radius 2 is 1.79 bits per heavy atom. The van der Waals surface area contributed by atoms with Crippen molar-refractivity contribution in [3.8, 4) is 22.9 Å². The fraction of sp³-hybridized carbons (Fsp3) is 0.160. The van der Waals surface area contributed by atoms with Crippen molar-refractivity contribution in [2.75, 3.05) is 13.7 Å². The summed E-state index contributed by atoms with van der Waals surface area (Å²) >= 11 is 0. The second kappa shape index (κ2) is 10.9. The highest BCUT2D eigenvalue weighted by molar-refractivity contribution is 5.92. The van der Waals surface area contributed by atoms with Gasteiger partial charge >= 0.3 is 0 Å². The van der Waals surface area contributed by atoms with E-state index < -0.39 is 0 Å². The number of hydrogen-bond acceptors (Lipinski definition) is 7. The molecule has 0 aliphatic rings. The van der Waals surface area contributed by atoms with Crippen molar-refractivity contribution in [1.29, 1.82) is 0 Å². The molecule has 2 heterocycles. The Morgan fingerprint density at radius 1 is 1.00 bits per heavy atom. The number of amides is 1. The summed E-state index contributed by atoms with van der Waals surface area (Å²) in [7, 11) is 1.59. The van der Waals surface area contributed by atoms with Gasteiger partial charge in [0.05, 0.1) is 19.1 Å². The van der Waals surface area contributed by atoms with Crippen molar-refractivity contribution in [2.45, 2.75) is 13.2 Å². The molecule has 0 radical (unpaired) electrons. The van der Waals surface area contributed by atoms with Gasteiger partial charge in [0.1, 0.15) is 24.4 Å². The summed E-state index contributed by atoms with van der Waals surface area (Å²) in [5, 5.41) is 2.75. The van der Waals surface area contributed by atoms with Crippen molar-refractivity contribution in [1.82, 2.24) is 24.8 Å². The van der Waals surface area contributed by atoms with Crippen molar-refractivity contribution < 1.29 is 14.3 Å². The maximum absolute atomic E-state index is 12.5. The van der Waals surface area contributed by atoms with Gasteiger partial charge in [0, 0.05) is 30.8 Å². The Labute approximate surface area is 196 Å². The van der Waals surface area contributed by atoms with Crippen LogP contribution >= 0.6 is 0 Å². The van der Waals surface area contributed by atoms with E-state index >= 15 is 0 Å². The maximum atomic E-state index is 12.5. The van der Waals surface area contributed by atoms with E-state index in [0.717, 1.165) is 16.9 Å². The Kier molecular flexibility index (Phi) is 7.24. The molecule has 0 fully saturated rings. The number of ether oxygens (including phenoxy) is 2. The molecule has 0 spiro atoms. The van der Waals surface area contributed by atoms with Gasteiger partial charge < -0.3 is 14.8 Å². The van der Waals surface area contributed by atoms with Gasteiger partial charge in [0.2, 0.25) is 5.88 Å². The molecule has 2 aromatic carbocycles. The van der Waals surface area contributed by atoms with Crippen LogP contribution in [0.3, 0.4) is 0 Å². The van der Waals surface area contributed by atoms with Crippen LogP contribution in [0.1, 0.15) is 16.1 Å². The van der Waals surface area contributed by atoms with Gasteiger partial charge in [0.25, 0.3) is 11.5 Å². The standard InChI is InChI=1S/C25H23N5O4/c1-33-20-9-7-19(8-10-20)21-14-24(31)30(17-29-21)12-11-26-25(32)22-13-23(28-16-27-22)34-15-18-5-3-2-4-6-18/h2-10,13-14,16-17H,11-12,15H2,1H3,(H,26,32). The Morgan fingerprint density at radius 3 is 2.53 bits per heavy atom. The first-order valence-corrected chi connectivity index (χ1v) is 10.6. The van der Waals surface area contributed by atoms with Crippen LogP contribution in [0.15, 0.2) is 84.2 Å². The normalized spacial score (nSPS) is 10.5. The Hall–Kier alpha value is -4.53. The summed E-state index contributed by atoms with van der Waals surface area (Å²) < 4.78 is 12.2. The first-order valence-electron chi connectivity index (χ1n) is 10.6. The fourth-order valence-corrected chi connectivity index (χ4v) is 3.17. The topological polar surface area (TPSA) is 108 Å². The average molecular weight is 457 g/mol. The van der Waals surface area contributed by atoms with E-state index in [4.69, 9.17) is 9.47 Å². The van der Waals surface area contributed by atoms with Crippen LogP contribution in [0, 0.1) is 0 Å². The zero-order valence-electron chi connectivity index (χ0n) is 18.5. The van der Waals surface area contributed by atoms with Gasteiger partial charge in [-0.15, -0.1) is 0 Å². The van der Waals surface area contributed by atoms with Gasteiger partial charge in [0.15, 0.2) is 0 Å². The second-order valence-corrected chi connectivity index (χ2v) is 7.31. The maximum Gasteiger partial charge on any atom is 0.270 e. The number of carbonyl (C=O) groups excluding carboxylic acids is 1. The number of aromatic nitrogens is 4. The van der Waals surface area contributed by atoms with Gasteiger partial charge in [-0.25, -0.2) is 15.0 Å². The number of carbonyl (C=O) groups is 1. The van der Waals surface area contributed by atoms with Crippen molar-refractivity contribution in [3.63, 3.8) is 0 Å². The van der Waals surface area contributed by atoms with Crippen LogP contribution in [0.25, 0.3) is 11.3 Å². The molecule has 4 aromatic rings. The fourth-order valence-electron chi connectivity index (χ4n) is 3.17. The number of methoxy groups -OCH3 is 1. The van der Waals surface area contributed by atoms with Crippen LogP contribution in [-0.2, 0) is 13.2 Å². The third kappa shape index (κ3) is 5.83. The molecule has 9 heteroatoms. The largest absolute Gasteiger partial charge is 0.497 e. The lowest BCUT2D eigenvalue weighted by molar-refractivity contribution is 0.0946. The van der Waals surface area contributed by atoms with Crippen molar-refractivity contribution >= 4 is 5.91 Å². The third-order valence-electron chi connectivity index (χ3n) is 5.01. The van der Waals surface area contributed by atoms with Gasteiger partial charge in [-0.2, -0.15) is 0 Å². The summed E-state index contributed by atoms with van der Waals surface area (Å²) in [4.78, 5) is 37.3. The van der Waals surface area contributed by atoms with E-state index in [0.29, 0.717) is 18.2 Å². The molecule has 2 aromatic heterocycles. The summed E-state index contributed by atoms with van der Waals surface area (Å²) in [5.41, 5.74) is 2.33. The molecule has 4 rings (SSSR count). The molecule has 0 aliphatic heterocycles. The van der Waals surface area contributed by atoms with E-state index in [1.807, 2.05) is 54.6 Å². The minimum atomic E-state index is -0.386. The van der Waals surface area contributed by atoms with Gasteiger partial charge in [-0.1, -0.05) is 30.3 Å². The van der Waals surface area contributed by atoms with E-state index in [1.54, 1.807) is 7.11 Å². The highest BCUT2D eigenvalue weighted by Gasteiger charge is 2.10. The minimum absolute atomic E-state index is 0.179. The van der Waals surface area contributed by atoms with Crippen LogP contribution in [0.5, 0.6) is 11.6 Å². The second-order valence-electron chi connectivity index (χ2n) is 7.31. The van der Waals surface area contributed by atoms with E-state index in [-0.39, 0.29) is 30.2 Å². The molecule has 9 nitrogen and oxygen atoms in total. The highest BCUT2D eigenvalue weighted by atomic mass is 16.5. The molecule has 0 saturated heterocycles. The van der Waals surface area contributed by atoms with Crippen LogP contribution in [-0.4, -0.2) is 39.1 Å². The smallest absolute Gasteiger partial charge is 0.270 e. The van der Waals surface area contributed by atoms with Gasteiger partial charge in [-0.05, 0) is 29.8 Å². The molecule has 1 N–H and O–H groups in total. The summed E-state index contributed by atoms with van der Waals surface area (Å²) in [6, 6.07) is 19.9. The first-order chi connectivity index (χ1) is 16.6. The van der Waals surface area contributed by atoms with Crippen LogP contribution < -0.4 is 20.3 Å². The van der Waals surface area contributed by atoms with E-state index in [9.17, 15) is 9.59 Å². The number of rotatable bonds is 9. The monoisotopic (exact) mass is 457 g/mol. The number of hydrogen-bond donors (Lipinski definition) is 1. The molecule has 0 saturated carbocycles. The zero-order chi connectivity index (χ0) is 23.8. The zero-order valence-corrected chi connectivity index (χ0v) is 18.5. The minimum Gasteiger partial charge on any atom is -0.497 e. The Balaban J connectivity index is 1.31. The van der Waals surface area contributed by atoms with Gasteiger partial charge in [-0.3, -0.25) is 14.2 Å².